The average Bonchev–Trinajstić information content (AvgIpc) is 2.35. The fourth-order valence-electron chi connectivity index (χ4n) is 1.26. The van der Waals surface area contributed by atoms with Gasteiger partial charge in [-0.3, -0.25) is 4.79 Å². The molecule has 5 nitrogen and oxygen atoms in total. The van der Waals surface area contributed by atoms with Gasteiger partial charge < -0.3 is 10.1 Å². The standard InChI is InChI=1S/C12H16ClNO4S/c1-12(2,18-3)8-14-11(15)9-5-4-6-10(7-9)19(13,16)17/h4-7H,8H2,1-3H3,(H,14,15). The summed E-state index contributed by atoms with van der Waals surface area (Å²) in [5.41, 5.74) is -0.264. The van der Waals surface area contributed by atoms with E-state index in [1.165, 1.54) is 24.3 Å². The number of amides is 1. The predicted molar refractivity (Wildman–Crippen MR) is 72.9 cm³/mol. The molecule has 0 bridgehead atoms. The van der Waals surface area contributed by atoms with Crippen molar-refractivity contribution in [2.24, 2.45) is 0 Å². The zero-order chi connectivity index (χ0) is 14.7. The Hall–Kier alpha value is -1.11. The van der Waals surface area contributed by atoms with Crippen LogP contribution in [-0.2, 0) is 13.8 Å². The normalized spacial score (nSPS) is 12.2. The molecule has 1 amide bonds. The van der Waals surface area contributed by atoms with Crippen molar-refractivity contribution in [3.8, 4) is 0 Å². The number of ether oxygens (including phenoxy) is 1. The molecule has 1 aromatic carbocycles. The molecule has 0 unspecified atom stereocenters. The van der Waals surface area contributed by atoms with E-state index in [-0.39, 0.29) is 16.4 Å². The Bertz CT molecular complexity index is 569. The van der Waals surface area contributed by atoms with Crippen molar-refractivity contribution >= 4 is 25.6 Å². The van der Waals surface area contributed by atoms with E-state index in [2.05, 4.69) is 5.32 Å². The molecule has 0 spiro atoms. The van der Waals surface area contributed by atoms with Gasteiger partial charge in [0.05, 0.1) is 10.5 Å². The second kappa shape index (κ2) is 5.90. The second-order valence-electron chi connectivity index (χ2n) is 4.61. The fourth-order valence-corrected chi connectivity index (χ4v) is 2.05. The SMILES string of the molecule is COC(C)(C)CNC(=O)c1cccc(S(=O)(=O)Cl)c1. The second-order valence-corrected chi connectivity index (χ2v) is 7.18. The number of carbonyl (C=O) groups excluding carboxylic acids is 1. The van der Waals surface area contributed by atoms with Gasteiger partial charge in [-0.2, -0.15) is 0 Å². The summed E-state index contributed by atoms with van der Waals surface area (Å²) in [7, 11) is 2.94. The average molecular weight is 306 g/mol. The van der Waals surface area contributed by atoms with Gasteiger partial charge in [0, 0.05) is 29.9 Å². The molecule has 106 valence electrons. The Morgan fingerprint density at radius 1 is 1.42 bits per heavy atom. The molecule has 0 aliphatic rings. The maximum absolute atomic E-state index is 11.9. The zero-order valence-electron chi connectivity index (χ0n) is 10.9. The monoisotopic (exact) mass is 305 g/mol. The smallest absolute Gasteiger partial charge is 0.261 e. The molecule has 19 heavy (non-hydrogen) atoms. The number of benzene rings is 1. The first-order valence-corrected chi connectivity index (χ1v) is 7.85. The summed E-state index contributed by atoms with van der Waals surface area (Å²) in [4.78, 5) is 11.8. The Morgan fingerprint density at radius 3 is 2.58 bits per heavy atom. The molecule has 0 saturated carbocycles. The first-order chi connectivity index (χ1) is 8.65. The van der Waals surface area contributed by atoms with Crippen LogP contribution < -0.4 is 5.32 Å². The van der Waals surface area contributed by atoms with E-state index in [0.29, 0.717) is 6.54 Å². The summed E-state index contributed by atoms with van der Waals surface area (Å²) >= 11 is 0. The molecule has 7 heteroatoms. The highest BCUT2D eigenvalue weighted by Crippen LogP contribution is 2.16. The summed E-state index contributed by atoms with van der Waals surface area (Å²) in [5, 5.41) is 2.67. The van der Waals surface area contributed by atoms with Gasteiger partial charge in [0.25, 0.3) is 15.0 Å². The minimum atomic E-state index is -3.84. The van der Waals surface area contributed by atoms with Crippen molar-refractivity contribution in [3.63, 3.8) is 0 Å². The summed E-state index contributed by atoms with van der Waals surface area (Å²) in [6, 6.07) is 5.54. The minimum absolute atomic E-state index is 0.104. The summed E-state index contributed by atoms with van der Waals surface area (Å²) in [6.45, 7) is 3.96. The van der Waals surface area contributed by atoms with Crippen molar-refractivity contribution in [2.45, 2.75) is 24.3 Å². The third-order valence-corrected chi connectivity index (χ3v) is 3.96. The van der Waals surface area contributed by atoms with Crippen LogP contribution in [-0.4, -0.2) is 33.6 Å². The van der Waals surface area contributed by atoms with Crippen LogP contribution in [0.25, 0.3) is 0 Å². The third kappa shape index (κ3) is 4.81. The van der Waals surface area contributed by atoms with Gasteiger partial charge in [0.15, 0.2) is 0 Å². The van der Waals surface area contributed by atoms with Gasteiger partial charge >= 0.3 is 0 Å². The highest BCUT2D eigenvalue weighted by atomic mass is 35.7. The molecule has 0 saturated heterocycles. The maximum Gasteiger partial charge on any atom is 0.261 e. The summed E-state index contributed by atoms with van der Waals surface area (Å²) in [6.07, 6.45) is 0. The van der Waals surface area contributed by atoms with Crippen molar-refractivity contribution in [2.75, 3.05) is 13.7 Å². The van der Waals surface area contributed by atoms with Gasteiger partial charge in [0.1, 0.15) is 0 Å². The molecular weight excluding hydrogens is 290 g/mol. The Morgan fingerprint density at radius 2 is 2.05 bits per heavy atom. The quantitative estimate of drug-likeness (QED) is 0.842. The van der Waals surface area contributed by atoms with Crippen molar-refractivity contribution in [1.29, 1.82) is 0 Å². The van der Waals surface area contributed by atoms with Crippen molar-refractivity contribution in [1.82, 2.24) is 5.32 Å². The van der Waals surface area contributed by atoms with Crippen molar-refractivity contribution < 1.29 is 17.9 Å². The lowest BCUT2D eigenvalue weighted by Crippen LogP contribution is -2.39. The number of halogens is 1. The van der Waals surface area contributed by atoms with Crippen LogP contribution in [0.5, 0.6) is 0 Å². The molecule has 0 fully saturated rings. The van der Waals surface area contributed by atoms with Crippen LogP contribution in [0, 0.1) is 0 Å². The van der Waals surface area contributed by atoms with E-state index >= 15 is 0 Å². The first-order valence-electron chi connectivity index (χ1n) is 5.54. The molecule has 0 radical (unpaired) electrons. The number of hydrogen-bond acceptors (Lipinski definition) is 4. The van der Waals surface area contributed by atoms with Gasteiger partial charge in [0.2, 0.25) is 0 Å². The van der Waals surface area contributed by atoms with E-state index in [1.54, 1.807) is 7.11 Å². The zero-order valence-corrected chi connectivity index (χ0v) is 12.5. The summed E-state index contributed by atoms with van der Waals surface area (Å²) < 4.78 is 27.5. The van der Waals surface area contributed by atoms with Crippen LogP contribution in [0.1, 0.15) is 24.2 Å². The lowest BCUT2D eigenvalue weighted by Gasteiger charge is -2.23. The van der Waals surface area contributed by atoms with E-state index in [4.69, 9.17) is 15.4 Å². The van der Waals surface area contributed by atoms with Crippen LogP contribution in [0.15, 0.2) is 29.2 Å². The Kier molecular flexibility index (Phi) is 4.95. The lowest BCUT2D eigenvalue weighted by molar-refractivity contribution is 0.0228. The number of hydrogen-bond donors (Lipinski definition) is 1. The maximum atomic E-state index is 11.9. The van der Waals surface area contributed by atoms with E-state index < -0.39 is 14.7 Å². The number of nitrogens with one attached hydrogen (secondary N) is 1. The highest BCUT2D eigenvalue weighted by Gasteiger charge is 2.19. The molecule has 0 aliphatic carbocycles. The predicted octanol–water partition coefficient (Wildman–Crippen LogP) is 1.77. The third-order valence-electron chi connectivity index (χ3n) is 2.61. The number of carbonyl (C=O) groups is 1. The lowest BCUT2D eigenvalue weighted by atomic mass is 10.1. The molecule has 0 aromatic heterocycles. The number of rotatable bonds is 5. The Labute approximate surface area is 117 Å². The van der Waals surface area contributed by atoms with Gasteiger partial charge in [-0.25, -0.2) is 8.42 Å². The van der Waals surface area contributed by atoms with Crippen molar-refractivity contribution in [3.05, 3.63) is 29.8 Å². The van der Waals surface area contributed by atoms with E-state index in [9.17, 15) is 13.2 Å². The van der Waals surface area contributed by atoms with E-state index in [0.717, 1.165) is 0 Å². The molecule has 1 aromatic rings. The van der Waals surface area contributed by atoms with Crippen LogP contribution in [0.3, 0.4) is 0 Å². The largest absolute Gasteiger partial charge is 0.377 e. The molecule has 1 rings (SSSR count). The summed E-state index contributed by atoms with van der Waals surface area (Å²) in [5.74, 6) is -0.382. The van der Waals surface area contributed by atoms with Crippen LogP contribution in [0.4, 0.5) is 0 Å². The molecule has 0 aliphatic heterocycles. The fraction of sp³-hybridized carbons (Fsp3) is 0.417. The Balaban J connectivity index is 2.84. The highest BCUT2D eigenvalue weighted by molar-refractivity contribution is 8.13. The van der Waals surface area contributed by atoms with Gasteiger partial charge in [-0.1, -0.05) is 6.07 Å². The molecular formula is C12H16ClNO4S. The first kappa shape index (κ1) is 15.9. The van der Waals surface area contributed by atoms with Gasteiger partial charge in [-0.15, -0.1) is 0 Å². The van der Waals surface area contributed by atoms with Crippen LogP contribution >= 0.6 is 10.7 Å². The minimum Gasteiger partial charge on any atom is -0.377 e. The molecule has 0 heterocycles. The van der Waals surface area contributed by atoms with E-state index in [1.807, 2.05) is 13.8 Å². The topological polar surface area (TPSA) is 72.5 Å². The number of methoxy groups -OCH3 is 1. The molecule has 1 N–H and O–H groups in total. The molecule has 0 atom stereocenters. The van der Waals surface area contributed by atoms with Gasteiger partial charge in [-0.05, 0) is 32.0 Å². The van der Waals surface area contributed by atoms with Crippen LogP contribution in [0.2, 0.25) is 0 Å².